The summed E-state index contributed by atoms with van der Waals surface area (Å²) in [5.74, 6) is 0. The van der Waals surface area contributed by atoms with Crippen molar-refractivity contribution in [3.63, 3.8) is 0 Å². The molecule has 1 aromatic rings. The lowest BCUT2D eigenvalue weighted by Gasteiger charge is -2.07. The van der Waals surface area contributed by atoms with E-state index in [1.54, 1.807) is 0 Å². The Morgan fingerprint density at radius 1 is 1.13 bits per heavy atom. The molecule has 0 aromatic heterocycles. The molecular weight excluding hydrogens is 201 g/mol. The normalized spacial score (nSPS) is 11.7. The molecule has 0 nitrogen and oxygen atoms in total. The fourth-order valence-electron chi connectivity index (χ4n) is 1.30. The Morgan fingerprint density at radius 2 is 1.73 bits per heavy atom. The largest absolute Gasteiger partial charge is 0.416 e. The molecule has 1 radical (unpaired) electrons. The zero-order chi connectivity index (χ0) is 11.3. The average molecular weight is 215 g/mol. The van der Waals surface area contributed by atoms with Crippen molar-refractivity contribution in [1.29, 1.82) is 0 Å². The quantitative estimate of drug-likeness (QED) is 0.658. The molecule has 83 valence electrons. The molecular formula is C12H14F3. The molecule has 0 bridgehead atoms. The summed E-state index contributed by atoms with van der Waals surface area (Å²) < 4.78 is 36.7. The van der Waals surface area contributed by atoms with Crippen LogP contribution in [0, 0.1) is 6.42 Å². The summed E-state index contributed by atoms with van der Waals surface area (Å²) in [4.78, 5) is 0. The van der Waals surface area contributed by atoms with Gasteiger partial charge in [-0.05, 0) is 30.5 Å². The molecule has 0 aliphatic heterocycles. The SMILES string of the molecule is CCC[CH]Cc1ccc(C(F)(F)F)cc1. The van der Waals surface area contributed by atoms with E-state index >= 15 is 0 Å². The number of hydrogen-bond donors (Lipinski definition) is 0. The zero-order valence-corrected chi connectivity index (χ0v) is 8.64. The first-order valence-electron chi connectivity index (χ1n) is 5.02. The van der Waals surface area contributed by atoms with Crippen LogP contribution >= 0.6 is 0 Å². The Hall–Kier alpha value is -0.990. The first-order chi connectivity index (χ1) is 7.04. The van der Waals surface area contributed by atoms with E-state index in [9.17, 15) is 13.2 Å². The number of rotatable bonds is 4. The van der Waals surface area contributed by atoms with E-state index in [1.165, 1.54) is 12.1 Å². The fourth-order valence-corrected chi connectivity index (χ4v) is 1.30. The topological polar surface area (TPSA) is 0 Å². The van der Waals surface area contributed by atoms with Gasteiger partial charge in [-0.15, -0.1) is 0 Å². The van der Waals surface area contributed by atoms with Crippen LogP contribution in [-0.4, -0.2) is 0 Å². The van der Waals surface area contributed by atoms with E-state index < -0.39 is 11.7 Å². The first kappa shape index (κ1) is 12.1. The van der Waals surface area contributed by atoms with E-state index in [1.807, 2.05) is 0 Å². The Bertz CT molecular complexity index is 285. The van der Waals surface area contributed by atoms with Gasteiger partial charge in [-0.25, -0.2) is 0 Å². The number of hydrogen-bond acceptors (Lipinski definition) is 0. The highest BCUT2D eigenvalue weighted by atomic mass is 19.4. The van der Waals surface area contributed by atoms with Crippen molar-refractivity contribution in [2.45, 2.75) is 32.4 Å². The van der Waals surface area contributed by atoms with Gasteiger partial charge in [-0.2, -0.15) is 13.2 Å². The minimum Gasteiger partial charge on any atom is -0.166 e. The fraction of sp³-hybridized carbons (Fsp3) is 0.417. The number of halogens is 3. The van der Waals surface area contributed by atoms with Crippen LogP contribution in [-0.2, 0) is 12.6 Å². The van der Waals surface area contributed by atoms with Crippen molar-refractivity contribution < 1.29 is 13.2 Å². The van der Waals surface area contributed by atoms with Crippen LogP contribution in [0.3, 0.4) is 0 Å². The minimum absolute atomic E-state index is 0.582. The van der Waals surface area contributed by atoms with Crippen LogP contribution in [0.5, 0.6) is 0 Å². The van der Waals surface area contributed by atoms with Crippen molar-refractivity contribution >= 4 is 0 Å². The Labute approximate surface area is 88.1 Å². The summed E-state index contributed by atoms with van der Waals surface area (Å²) in [5.41, 5.74) is 0.346. The van der Waals surface area contributed by atoms with Gasteiger partial charge in [0, 0.05) is 0 Å². The standard InChI is InChI=1S/C12H14F3/c1-2-3-4-5-10-6-8-11(9-7-10)12(13,14)15/h4,6-9H,2-3,5H2,1H3. The molecule has 15 heavy (non-hydrogen) atoms. The molecule has 0 aliphatic rings. The van der Waals surface area contributed by atoms with Gasteiger partial charge in [-0.1, -0.05) is 31.9 Å². The summed E-state index contributed by atoms with van der Waals surface area (Å²) in [6.07, 6.45) is 0.669. The predicted octanol–water partition coefficient (Wildman–Crippen LogP) is 4.25. The molecule has 0 N–H and O–H groups in total. The van der Waals surface area contributed by atoms with Crippen LogP contribution in [0.1, 0.15) is 30.9 Å². The maximum absolute atomic E-state index is 12.2. The minimum atomic E-state index is -4.23. The second-order valence-corrected chi connectivity index (χ2v) is 3.48. The number of benzene rings is 1. The molecule has 0 spiro atoms. The average Bonchev–Trinajstić information content (AvgIpc) is 2.18. The van der Waals surface area contributed by atoms with Gasteiger partial charge in [0.05, 0.1) is 5.56 Å². The highest BCUT2D eigenvalue weighted by molar-refractivity contribution is 5.25. The van der Waals surface area contributed by atoms with Crippen molar-refractivity contribution in [1.82, 2.24) is 0 Å². The molecule has 0 saturated heterocycles. The van der Waals surface area contributed by atoms with Crippen molar-refractivity contribution in [3.8, 4) is 0 Å². The zero-order valence-electron chi connectivity index (χ0n) is 8.64. The lowest BCUT2D eigenvalue weighted by molar-refractivity contribution is -0.137. The van der Waals surface area contributed by atoms with E-state index in [2.05, 4.69) is 13.3 Å². The maximum Gasteiger partial charge on any atom is 0.416 e. The van der Waals surface area contributed by atoms with Crippen LogP contribution in [0.25, 0.3) is 0 Å². The van der Waals surface area contributed by atoms with Gasteiger partial charge in [-0.3, -0.25) is 0 Å². The van der Waals surface area contributed by atoms with Crippen molar-refractivity contribution in [2.24, 2.45) is 0 Å². The van der Waals surface area contributed by atoms with Crippen molar-refractivity contribution in [2.75, 3.05) is 0 Å². The van der Waals surface area contributed by atoms with E-state index in [4.69, 9.17) is 0 Å². The Morgan fingerprint density at radius 3 is 2.20 bits per heavy atom. The lowest BCUT2D eigenvalue weighted by Crippen LogP contribution is -2.04. The van der Waals surface area contributed by atoms with E-state index in [-0.39, 0.29) is 0 Å². The smallest absolute Gasteiger partial charge is 0.166 e. The molecule has 0 heterocycles. The molecule has 0 aliphatic carbocycles. The van der Waals surface area contributed by atoms with Crippen molar-refractivity contribution in [3.05, 3.63) is 41.8 Å². The molecule has 1 rings (SSSR count). The van der Waals surface area contributed by atoms with Gasteiger partial charge in [0.2, 0.25) is 0 Å². The summed E-state index contributed by atoms with van der Waals surface area (Å²) in [5, 5.41) is 0. The van der Waals surface area contributed by atoms with Crippen LogP contribution in [0.2, 0.25) is 0 Å². The summed E-state index contributed by atoms with van der Waals surface area (Å²) in [7, 11) is 0. The highest BCUT2D eigenvalue weighted by Crippen LogP contribution is 2.29. The summed E-state index contributed by atoms with van der Waals surface area (Å²) in [6, 6.07) is 5.34. The van der Waals surface area contributed by atoms with Gasteiger partial charge in [0.15, 0.2) is 0 Å². The third-order valence-electron chi connectivity index (χ3n) is 2.15. The molecule has 0 atom stereocenters. The first-order valence-corrected chi connectivity index (χ1v) is 5.02. The Kier molecular flexibility index (Phi) is 4.18. The van der Waals surface area contributed by atoms with Gasteiger partial charge < -0.3 is 0 Å². The van der Waals surface area contributed by atoms with Crippen LogP contribution < -0.4 is 0 Å². The predicted molar refractivity (Wildman–Crippen MR) is 54.4 cm³/mol. The van der Waals surface area contributed by atoms with Crippen LogP contribution in [0.4, 0.5) is 13.2 Å². The number of alkyl halides is 3. The second kappa shape index (κ2) is 5.19. The molecule has 0 saturated carbocycles. The highest BCUT2D eigenvalue weighted by Gasteiger charge is 2.29. The monoisotopic (exact) mass is 215 g/mol. The second-order valence-electron chi connectivity index (χ2n) is 3.48. The van der Waals surface area contributed by atoms with Crippen LogP contribution in [0.15, 0.2) is 24.3 Å². The maximum atomic E-state index is 12.2. The number of unbranched alkanes of at least 4 members (excludes halogenated alkanes) is 2. The molecule has 3 heteroatoms. The van der Waals surface area contributed by atoms with E-state index in [0.717, 1.165) is 37.0 Å². The third-order valence-corrected chi connectivity index (χ3v) is 2.15. The van der Waals surface area contributed by atoms with Gasteiger partial charge in [0.1, 0.15) is 0 Å². The molecule has 0 amide bonds. The molecule has 0 unspecified atom stereocenters. The molecule has 0 fully saturated rings. The van der Waals surface area contributed by atoms with Gasteiger partial charge in [0.25, 0.3) is 0 Å². The third kappa shape index (κ3) is 3.94. The lowest BCUT2D eigenvalue weighted by atomic mass is 10.1. The summed E-state index contributed by atoms with van der Waals surface area (Å²) in [6.45, 7) is 2.07. The Balaban J connectivity index is 2.57. The van der Waals surface area contributed by atoms with E-state index in [0.29, 0.717) is 0 Å². The van der Waals surface area contributed by atoms with Gasteiger partial charge >= 0.3 is 6.18 Å². The summed E-state index contributed by atoms with van der Waals surface area (Å²) >= 11 is 0. The molecule has 1 aromatic carbocycles.